The van der Waals surface area contributed by atoms with Gasteiger partial charge in [0.15, 0.2) is 17.3 Å². The Morgan fingerprint density at radius 2 is 1.92 bits per heavy atom. The van der Waals surface area contributed by atoms with Crippen LogP contribution in [0.25, 0.3) is 16.7 Å². The monoisotopic (exact) mass is 513 g/mol. The van der Waals surface area contributed by atoms with E-state index in [0.29, 0.717) is 36.0 Å². The Morgan fingerprint density at radius 3 is 2.70 bits per heavy atom. The fraction of sp³-hybridized carbons (Fsp3) is 0.615. The van der Waals surface area contributed by atoms with Crippen LogP contribution in [-0.2, 0) is 9.53 Å². The number of ether oxygens (including phenoxy) is 3. The topological polar surface area (TPSA) is 115 Å². The van der Waals surface area contributed by atoms with E-state index in [9.17, 15) is 4.79 Å². The summed E-state index contributed by atoms with van der Waals surface area (Å²) in [5, 5.41) is 15.1. The molecule has 2 aromatic heterocycles. The normalized spacial score (nSPS) is 14.2. The predicted octanol–water partition coefficient (Wildman–Crippen LogP) is 2.80. The highest BCUT2D eigenvalue weighted by molar-refractivity contribution is 5.85. The Balaban J connectivity index is 1.42. The van der Waals surface area contributed by atoms with Crippen molar-refractivity contribution in [3.05, 3.63) is 18.0 Å². The largest absolute Gasteiger partial charge is 0.493 e. The van der Waals surface area contributed by atoms with E-state index in [2.05, 4.69) is 25.7 Å². The summed E-state index contributed by atoms with van der Waals surface area (Å²) in [5.41, 5.74) is 2.32. The number of amides is 1. The molecule has 0 bridgehead atoms. The standard InChI is InChI=1S/C26H39N7O4/c1-4-8-24(34)27-9-6-5-7-10-28-25-26-31-30-19(2)33(26)21-18-22(35-3)23(17-20(21)29-25)37-16-13-32-11-14-36-15-12-32/h17-18H,4-16H2,1-3H3,(H,27,34)(H,28,29). The SMILES string of the molecule is CCCC(=O)NCCCCCNc1nc2cc(OCCN3CCOCC3)c(OC)cc2n2c(C)nnc12. The van der Waals surface area contributed by atoms with Crippen LogP contribution in [0, 0.1) is 6.92 Å². The molecule has 1 saturated heterocycles. The molecule has 3 aromatic rings. The number of hydrogen-bond acceptors (Lipinski definition) is 9. The minimum Gasteiger partial charge on any atom is -0.493 e. The Labute approximate surface area is 217 Å². The van der Waals surface area contributed by atoms with Crippen LogP contribution in [0.5, 0.6) is 11.5 Å². The summed E-state index contributed by atoms with van der Waals surface area (Å²) in [7, 11) is 1.64. The number of methoxy groups -OCH3 is 1. The third-order valence-corrected chi connectivity index (χ3v) is 6.48. The summed E-state index contributed by atoms with van der Waals surface area (Å²) in [4.78, 5) is 18.8. The smallest absolute Gasteiger partial charge is 0.219 e. The van der Waals surface area contributed by atoms with Gasteiger partial charge in [-0.05, 0) is 32.6 Å². The summed E-state index contributed by atoms with van der Waals surface area (Å²) in [5.74, 6) is 2.91. The molecule has 0 spiro atoms. The second kappa shape index (κ2) is 13.4. The molecule has 0 aliphatic carbocycles. The second-order valence-electron chi connectivity index (χ2n) is 9.25. The molecule has 1 fully saturated rings. The first-order valence-electron chi connectivity index (χ1n) is 13.3. The van der Waals surface area contributed by atoms with Gasteiger partial charge in [0, 0.05) is 51.3 Å². The van der Waals surface area contributed by atoms with Crippen LogP contribution >= 0.6 is 0 Å². The molecule has 0 atom stereocenters. The number of aromatic nitrogens is 4. The van der Waals surface area contributed by atoms with Crippen LogP contribution < -0.4 is 20.1 Å². The highest BCUT2D eigenvalue weighted by atomic mass is 16.5. The van der Waals surface area contributed by atoms with Crippen molar-refractivity contribution in [3.63, 3.8) is 0 Å². The van der Waals surface area contributed by atoms with E-state index in [0.717, 1.165) is 88.5 Å². The average molecular weight is 514 g/mol. The fourth-order valence-electron chi connectivity index (χ4n) is 4.46. The lowest BCUT2D eigenvalue weighted by Crippen LogP contribution is -2.38. The zero-order valence-electron chi connectivity index (χ0n) is 22.2. The molecule has 11 nitrogen and oxygen atoms in total. The van der Waals surface area contributed by atoms with Gasteiger partial charge in [0.2, 0.25) is 11.6 Å². The zero-order chi connectivity index (χ0) is 26.0. The molecule has 1 aromatic carbocycles. The number of carbonyl (C=O) groups excluding carboxylic acids is 1. The molecular weight excluding hydrogens is 474 g/mol. The van der Waals surface area contributed by atoms with Gasteiger partial charge in [0.05, 0.1) is 31.4 Å². The van der Waals surface area contributed by atoms with Crippen LogP contribution in [0.15, 0.2) is 12.1 Å². The van der Waals surface area contributed by atoms with Crippen molar-refractivity contribution in [2.45, 2.75) is 46.0 Å². The van der Waals surface area contributed by atoms with Crippen LogP contribution in [0.1, 0.15) is 44.9 Å². The first-order valence-corrected chi connectivity index (χ1v) is 13.3. The molecule has 2 N–H and O–H groups in total. The van der Waals surface area contributed by atoms with Crippen molar-refractivity contribution in [2.24, 2.45) is 0 Å². The summed E-state index contributed by atoms with van der Waals surface area (Å²) in [6.45, 7) is 10.2. The van der Waals surface area contributed by atoms with Crippen molar-refractivity contribution in [1.29, 1.82) is 0 Å². The molecule has 3 heterocycles. The van der Waals surface area contributed by atoms with E-state index >= 15 is 0 Å². The van der Waals surface area contributed by atoms with Crippen molar-refractivity contribution in [1.82, 2.24) is 29.8 Å². The van der Waals surface area contributed by atoms with Crippen LogP contribution in [0.3, 0.4) is 0 Å². The quantitative estimate of drug-likeness (QED) is 0.314. The van der Waals surface area contributed by atoms with Gasteiger partial charge in [-0.25, -0.2) is 4.98 Å². The third kappa shape index (κ3) is 6.98. The Kier molecular flexibility index (Phi) is 9.72. The van der Waals surface area contributed by atoms with Gasteiger partial charge >= 0.3 is 0 Å². The van der Waals surface area contributed by atoms with Gasteiger partial charge in [-0.2, -0.15) is 0 Å². The summed E-state index contributed by atoms with van der Waals surface area (Å²) in [6.07, 6.45) is 4.39. The number of anilines is 1. The number of nitrogens with one attached hydrogen (secondary N) is 2. The maximum atomic E-state index is 11.6. The van der Waals surface area contributed by atoms with E-state index in [1.54, 1.807) is 7.11 Å². The predicted molar refractivity (Wildman–Crippen MR) is 143 cm³/mol. The number of hydrogen-bond donors (Lipinski definition) is 2. The highest BCUT2D eigenvalue weighted by Gasteiger charge is 2.17. The third-order valence-electron chi connectivity index (χ3n) is 6.48. The van der Waals surface area contributed by atoms with E-state index in [-0.39, 0.29) is 5.91 Å². The number of carbonyl (C=O) groups is 1. The average Bonchev–Trinajstić information content (AvgIpc) is 3.30. The van der Waals surface area contributed by atoms with Gasteiger partial charge in [-0.1, -0.05) is 6.92 Å². The molecule has 11 heteroatoms. The Bertz CT molecular complexity index is 1180. The first kappa shape index (κ1) is 26.9. The highest BCUT2D eigenvalue weighted by Crippen LogP contribution is 2.33. The Morgan fingerprint density at radius 1 is 1.11 bits per heavy atom. The number of rotatable bonds is 14. The van der Waals surface area contributed by atoms with Gasteiger partial charge in [-0.15, -0.1) is 10.2 Å². The van der Waals surface area contributed by atoms with E-state index in [1.165, 1.54) is 0 Å². The lowest BCUT2D eigenvalue weighted by Gasteiger charge is -2.26. The summed E-state index contributed by atoms with van der Waals surface area (Å²) >= 11 is 0. The Hall–Kier alpha value is -3.18. The minimum absolute atomic E-state index is 0.131. The van der Waals surface area contributed by atoms with Gasteiger partial charge in [0.1, 0.15) is 12.4 Å². The van der Waals surface area contributed by atoms with Crippen LogP contribution in [-0.4, -0.2) is 90.0 Å². The molecule has 202 valence electrons. The van der Waals surface area contributed by atoms with Gasteiger partial charge < -0.3 is 24.8 Å². The minimum atomic E-state index is 0.131. The number of fused-ring (bicyclic) bond motifs is 3. The van der Waals surface area contributed by atoms with E-state index in [4.69, 9.17) is 19.2 Å². The molecule has 1 aliphatic heterocycles. The van der Waals surface area contributed by atoms with Crippen molar-refractivity contribution in [3.8, 4) is 11.5 Å². The molecule has 37 heavy (non-hydrogen) atoms. The maximum Gasteiger partial charge on any atom is 0.219 e. The first-order chi connectivity index (χ1) is 18.1. The summed E-state index contributed by atoms with van der Waals surface area (Å²) in [6, 6.07) is 3.86. The summed E-state index contributed by atoms with van der Waals surface area (Å²) < 4.78 is 19.2. The number of unbranched alkanes of at least 4 members (excludes halogenated alkanes) is 2. The lowest BCUT2D eigenvalue weighted by atomic mass is 10.2. The van der Waals surface area contributed by atoms with E-state index < -0.39 is 0 Å². The van der Waals surface area contributed by atoms with Gasteiger partial charge in [0.25, 0.3) is 0 Å². The van der Waals surface area contributed by atoms with Gasteiger partial charge in [-0.3, -0.25) is 14.1 Å². The molecule has 0 unspecified atom stereocenters. The number of nitrogens with zero attached hydrogens (tertiary/aromatic N) is 5. The van der Waals surface area contributed by atoms with Crippen molar-refractivity contribution >= 4 is 28.4 Å². The fourth-order valence-corrected chi connectivity index (χ4v) is 4.46. The van der Waals surface area contributed by atoms with Crippen molar-refractivity contribution < 1.29 is 19.0 Å². The molecule has 0 saturated carbocycles. The number of morpholine rings is 1. The van der Waals surface area contributed by atoms with Crippen LogP contribution in [0.2, 0.25) is 0 Å². The molecule has 1 amide bonds. The van der Waals surface area contributed by atoms with Crippen LogP contribution in [0.4, 0.5) is 5.82 Å². The number of benzene rings is 1. The molecule has 0 radical (unpaired) electrons. The lowest BCUT2D eigenvalue weighted by molar-refractivity contribution is -0.121. The molecule has 1 aliphatic rings. The molecular formula is C26H39N7O4. The maximum absolute atomic E-state index is 11.6. The number of aryl methyl sites for hydroxylation is 1. The second-order valence-corrected chi connectivity index (χ2v) is 9.25. The molecule has 4 rings (SSSR count). The van der Waals surface area contributed by atoms with Crippen molar-refractivity contribution in [2.75, 3.05) is 65.0 Å². The zero-order valence-corrected chi connectivity index (χ0v) is 22.2. The van der Waals surface area contributed by atoms with E-state index in [1.807, 2.05) is 30.4 Å².